The van der Waals surface area contributed by atoms with E-state index in [9.17, 15) is 4.79 Å². The van der Waals surface area contributed by atoms with Gasteiger partial charge in [0.2, 0.25) is 0 Å². The van der Waals surface area contributed by atoms with Gasteiger partial charge in [0.25, 0.3) is 5.91 Å². The maximum Gasteiger partial charge on any atom is 0.261 e. The van der Waals surface area contributed by atoms with Crippen molar-refractivity contribution < 1.29 is 9.53 Å². The summed E-state index contributed by atoms with van der Waals surface area (Å²) in [6, 6.07) is 6.32. The Morgan fingerprint density at radius 1 is 1.33 bits per heavy atom. The van der Waals surface area contributed by atoms with E-state index in [-0.39, 0.29) is 18.0 Å². The molecule has 1 saturated heterocycles. The Morgan fingerprint density at radius 2 is 2.19 bits per heavy atom. The van der Waals surface area contributed by atoms with Crippen molar-refractivity contribution in [3.05, 3.63) is 46.0 Å². The van der Waals surface area contributed by atoms with Gasteiger partial charge in [-0.15, -0.1) is 11.3 Å². The number of morpholine rings is 1. The van der Waals surface area contributed by atoms with Crippen molar-refractivity contribution in [2.75, 3.05) is 30.0 Å². The Balaban J connectivity index is 1.73. The second-order valence-electron chi connectivity index (χ2n) is 7.07. The summed E-state index contributed by atoms with van der Waals surface area (Å²) >= 11 is 1.63. The van der Waals surface area contributed by atoms with Crippen LogP contribution in [0.1, 0.15) is 37.4 Å². The molecule has 1 aromatic heterocycles. The van der Waals surface area contributed by atoms with Gasteiger partial charge in [0.15, 0.2) is 0 Å². The predicted molar refractivity (Wildman–Crippen MR) is 109 cm³/mol. The van der Waals surface area contributed by atoms with Gasteiger partial charge in [-0.3, -0.25) is 4.79 Å². The Morgan fingerprint density at radius 3 is 2.85 bits per heavy atom. The van der Waals surface area contributed by atoms with E-state index < -0.39 is 0 Å². The van der Waals surface area contributed by atoms with E-state index in [1.165, 1.54) is 0 Å². The van der Waals surface area contributed by atoms with Crippen molar-refractivity contribution >= 4 is 34.2 Å². The normalized spacial score (nSPS) is 20.6. The number of nitrogens with zero attached hydrogens (tertiary/aromatic N) is 2. The minimum Gasteiger partial charge on any atom is -0.383 e. The highest BCUT2D eigenvalue weighted by Gasteiger charge is 2.36. The minimum atomic E-state index is 0.0399. The molecule has 142 valence electrons. The van der Waals surface area contributed by atoms with E-state index in [0.717, 1.165) is 39.8 Å². The van der Waals surface area contributed by atoms with Gasteiger partial charge in [-0.1, -0.05) is 0 Å². The molecule has 4 rings (SSSR count). The number of fused-ring (bicyclic) bond motifs is 1. The SMILES string of the molecule is CC(Nc1ccc2c(c1)/C(=C1\COCCN1)C(=O)N2C(C)C)c1nccs1. The smallest absolute Gasteiger partial charge is 0.261 e. The fourth-order valence-corrected chi connectivity index (χ4v) is 4.25. The zero-order chi connectivity index (χ0) is 19.0. The van der Waals surface area contributed by atoms with Crippen molar-refractivity contribution in [3.8, 4) is 0 Å². The molecule has 6 nitrogen and oxygen atoms in total. The third-order valence-corrected chi connectivity index (χ3v) is 5.77. The molecule has 0 saturated carbocycles. The molecule has 0 spiro atoms. The first-order chi connectivity index (χ1) is 13.1. The maximum absolute atomic E-state index is 13.2. The van der Waals surface area contributed by atoms with Crippen LogP contribution in [0.25, 0.3) is 5.57 Å². The third kappa shape index (κ3) is 3.33. The molecule has 1 fully saturated rings. The van der Waals surface area contributed by atoms with Gasteiger partial charge in [-0.25, -0.2) is 4.98 Å². The number of aromatic nitrogens is 1. The summed E-state index contributed by atoms with van der Waals surface area (Å²) in [4.78, 5) is 19.4. The highest BCUT2D eigenvalue weighted by molar-refractivity contribution is 7.09. The minimum absolute atomic E-state index is 0.0399. The van der Waals surface area contributed by atoms with Crippen LogP contribution in [-0.2, 0) is 9.53 Å². The number of ether oxygens (including phenoxy) is 1. The summed E-state index contributed by atoms with van der Waals surface area (Å²) in [5.74, 6) is 0.0399. The molecule has 1 atom stereocenters. The van der Waals surface area contributed by atoms with E-state index in [2.05, 4.69) is 28.6 Å². The first-order valence-electron chi connectivity index (χ1n) is 9.25. The lowest BCUT2D eigenvalue weighted by molar-refractivity contribution is -0.113. The Kier molecular flexibility index (Phi) is 4.88. The second-order valence-corrected chi connectivity index (χ2v) is 8.00. The molecule has 0 bridgehead atoms. The number of nitrogens with one attached hydrogen (secondary N) is 2. The number of carbonyl (C=O) groups is 1. The second kappa shape index (κ2) is 7.32. The fourth-order valence-electron chi connectivity index (χ4n) is 3.61. The van der Waals surface area contributed by atoms with Crippen LogP contribution >= 0.6 is 11.3 Å². The number of anilines is 2. The molecule has 2 aliphatic rings. The van der Waals surface area contributed by atoms with E-state index in [4.69, 9.17) is 4.74 Å². The van der Waals surface area contributed by atoms with E-state index >= 15 is 0 Å². The zero-order valence-corrected chi connectivity index (χ0v) is 16.6. The molecule has 7 heteroatoms. The van der Waals surface area contributed by atoms with Crippen molar-refractivity contribution in [1.82, 2.24) is 10.3 Å². The molecule has 0 radical (unpaired) electrons. The lowest BCUT2D eigenvalue weighted by Gasteiger charge is -2.22. The topological polar surface area (TPSA) is 66.5 Å². The van der Waals surface area contributed by atoms with Crippen LogP contribution in [0.5, 0.6) is 0 Å². The summed E-state index contributed by atoms with van der Waals surface area (Å²) in [5.41, 5.74) is 4.49. The van der Waals surface area contributed by atoms with Crippen LogP contribution in [0.4, 0.5) is 11.4 Å². The van der Waals surface area contributed by atoms with Crippen molar-refractivity contribution in [2.45, 2.75) is 32.9 Å². The third-order valence-electron chi connectivity index (χ3n) is 4.81. The van der Waals surface area contributed by atoms with Gasteiger partial charge in [-0.2, -0.15) is 0 Å². The Hall–Kier alpha value is -2.38. The first kappa shape index (κ1) is 18.0. The van der Waals surface area contributed by atoms with Crippen molar-refractivity contribution in [1.29, 1.82) is 0 Å². The Labute approximate surface area is 163 Å². The van der Waals surface area contributed by atoms with E-state index in [1.807, 2.05) is 42.5 Å². The van der Waals surface area contributed by atoms with Crippen LogP contribution < -0.4 is 15.5 Å². The molecule has 27 heavy (non-hydrogen) atoms. The lowest BCUT2D eigenvalue weighted by atomic mass is 10.0. The zero-order valence-electron chi connectivity index (χ0n) is 15.8. The molecule has 2 aromatic rings. The summed E-state index contributed by atoms with van der Waals surface area (Å²) in [7, 11) is 0. The highest BCUT2D eigenvalue weighted by Crippen LogP contribution is 2.41. The number of hydrogen-bond donors (Lipinski definition) is 2. The molecule has 1 unspecified atom stereocenters. The summed E-state index contributed by atoms with van der Waals surface area (Å²) < 4.78 is 5.58. The summed E-state index contributed by atoms with van der Waals surface area (Å²) in [6.07, 6.45) is 1.82. The number of thiazole rings is 1. The first-order valence-corrected chi connectivity index (χ1v) is 10.1. The van der Waals surface area contributed by atoms with Gasteiger partial charge in [0, 0.05) is 35.4 Å². The molecule has 1 amide bonds. The molecule has 3 heterocycles. The summed E-state index contributed by atoms with van der Waals surface area (Å²) in [5, 5.41) is 9.87. The van der Waals surface area contributed by atoms with Crippen LogP contribution in [0, 0.1) is 0 Å². The molecule has 2 N–H and O–H groups in total. The van der Waals surface area contributed by atoms with E-state index in [1.54, 1.807) is 11.3 Å². The average Bonchev–Trinajstić information content (AvgIpc) is 3.28. The number of benzene rings is 1. The van der Waals surface area contributed by atoms with E-state index in [0.29, 0.717) is 13.2 Å². The molecular formula is C20H24N4O2S. The Bertz CT molecular complexity index is 868. The maximum atomic E-state index is 13.2. The van der Waals surface area contributed by atoms with Crippen LogP contribution in [-0.4, -0.2) is 36.7 Å². The number of rotatable bonds is 4. The number of hydrogen-bond acceptors (Lipinski definition) is 6. The number of carbonyl (C=O) groups excluding carboxylic acids is 1. The highest BCUT2D eigenvalue weighted by atomic mass is 32.1. The largest absolute Gasteiger partial charge is 0.383 e. The summed E-state index contributed by atoms with van der Waals surface area (Å²) in [6.45, 7) is 8.00. The molecule has 2 aliphatic heterocycles. The average molecular weight is 385 g/mol. The van der Waals surface area contributed by atoms with Crippen LogP contribution in [0.2, 0.25) is 0 Å². The molecule has 1 aromatic carbocycles. The lowest BCUT2D eigenvalue weighted by Crippen LogP contribution is -2.35. The van der Waals surface area contributed by atoms with Gasteiger partial charge in [-0.05, 0) is 39.0 Å². The number of amides is 1. The van der Waals surface area contributed by atoms with Gasteiger partial charge < -0.3 is 20.3 Å². The van der Waals surface area contributed by atoms with Crippen molar-refractivity contribution in [2.24, 2.45) is 0 Å². The standard InChI is InChI=1S/C20H24N4O2S/c1-12(2)24-17-5-4-14(23-13(3)19-22-7-9-27-19)10-15(17)18(20(24)25)16-11-26-8-6-21-16/h4-5,7,9-10,12-13,21,23H,6,8,11H2,1-3H3/b18-16-. The fraction of sp³-hybridized carbons (Fsp3) is 0.400. The van der Waals surface area contributed by atoms with Crippen molar-refractivity contribution in [3.63, 3.8) is 0 Å². The van der Waals surface area contributed by atoms with Gasteiger partial charge >= 0.3 is 0 Å². The van der Waals surface area contributed by atoms with Gasteiger partial charge in [0.1, 0.15) is 5.01 Å². The predicted octanol–water partition coefficient (Wildman–Crippen LogP) is 3.40. The van der Waals surface area contributed by atoms with Crippen LogP contribution in [0.3, 0.4) is 0 Å². The monoisotopic (exact) mass is 384 g/mol. The van der Waals surface area contributed by atoms with Crippen LogP contribution in [0.15, 0.2) is 35.5 Å². The quantitative estimate of drug-likeness (QED) is 0.791. The molecule has 0 aliphatic carbocycles. The van der Waals surface area contributed by atoms with Gasteiger partial charge in [0.05, 0.1) is 36.2 Å². The molecular weight excluding hydrogens is 360 g/mol.